The van der Waals surface area contributed by atoms with Crippen LogP contribution in [0.2, 0.25) is 0 Å². The van der Waals surface area contributed by atoms with Crippen LogP contribution in [0.25, 0.3) is 33.4 Å². The molecule has 0 saturated carbocycles. The number of aliphatic carboxylic acids is 1. The molecule has 68 heavy (non-hydrogen) atoms. The Balaban J connectivity index is 0.917. The van der Waals surface area contributed by atoms with Gasteiger partial charge in [0.25, 0.3) is 11.8 Å². The van der Waals surface area contributed by atoms with Crippen LogP contribution in [-0.4, -0.2) is 115 Å². The van der Waals surface area contributed by atoms with Crippen molar-refractivity contribution in [2.75, 3.05) is 23.7 Å². The molecule has 6 N–H and O–H groups in total. The molecule has 19 nitrogen and oxygen atoms in total. The molecule has 2 unspecified atom stereocenters. The lowest BCUT2D eigenvalue weighted by atomic mass is 9.90. The Hall–Kier alpha value is -7.77. The number of nitrogens with zero attached hydrogens (tertiary/aromatic N) is 4. The van der Waals surface area contributed by atoms with Crippen molar-refractivity contribution in [3.63, 3.8) is 0 Å². The zero-order chi connectivity index (χ0) is 49.0. The summed E-state index contributed by atoms with van der Waals surface area (Å²) in [6.07, 6.45) is -0.401. The number of benzene rings is 3. The number of amides is 5. The van der Waals surface area contributed by atoms with Crippen molar-refractivity contribution in [2.24, 2.45) is 0 Å². The van der Waals surface area contributed by atoms with Gasteiger partial charge in [-0.2, -0.15) is 5.26 Å². The van der Waals surface area contributed by atoms with Gasteiger partial charge in [-0.1, -0.05) is 6.07 Å². The molecule has 0 radical (unpaired) electrons. The van der Waals surface area contributed by atoms with Gasteiger partial charge in [0.2, 0.25) is 23.6 Å². The number of aromatic hydroxyl groups is 1. The molecular weight excluding hydrogens is 913 g/mol. The number of carboxylic acids is 2. The van der Waals surface area contributed by atoms with Crippen LogP contribution in [0.4, 0.5) is 14.5 Å². The molecule has 7 rings (SSSR count). The zero-order valence-corrected chi connectivity index (χ0v) is 36.7. The first kappa shape index (κ1) is 48.2. The van der Waals surface area contributed by atoms with Gasteiger partial charge < -0.3 is 35.7 Å². The summed E-state index contributed by atoms with van der Waals surface area (Å²) in [5.41, 5.74) is 0.734. The van der Waals surface area contributed by atoms with Crippen molar-refractivity contribution >= 4 is 69.9 Å². The number of alkyl halides is 2. The van der Waals surface area contributed by atoms with Gasteiger partial charge in [-0.15, -0.1) is 11.8 Å². The summed E-state index contributed by atoms with van der Waals surface area (Å²) in [6, 6.07) is 13.7. The summed E-state index contributed by atoms with van der Waals surface area (Å²) in [7, 11) is 0. The third kappa shape index (κ3) is 10.9. The Morgan fingerprint density at radius 1 is 0.971 bits per heavy atom. The minimum absolute atomic E-state index is 0.0231. The molecule has 3 aromatic rings. The third-order valence-electron chi connectivity index (χ3n) is 11.2. The van der Waals surface area contributed by atoms with E-state index < -0.39 is 90.2 Å². The van der Waals surface area contributed by atoms with Gasteiger partial charge in [-0.25, -0.2) is 23.3 Å². The van der Waals surface area contributed by atoms with Gasteiger partial charge >= 0.3 is 11.9 Å². The number of aromatic nitrogens is 1. The lowest BCUT2D eigenvalue weighted by Crippen LogP contribution is -2.44. The fourth-order valence-electron chi connectivity index (χ4n) is 8.00. The average molecular weight is 954 g/mol. The smallest absolute Gasteiger partial charge is 0.336 e. The fraction of sp³-hybridized carbons (Fsp3) is 0.304. The van der Waals surface area contributed by atoms with Gasteiger partial charge in [-0.3, -0.25) is 38.7 Å². The zero-order valence-electron chi connectivity index (χ0n) is 35.9. The van der Waals surface area contributed by atoms with Crippen LogP contribution in [0, 0.1) is 11.3 Å². The number of likely N-dealkylation sites (tertiary alicyclic amines) is 1. The largest absolute Gasteiger partial charge is 0.508 e. The summed E-state index contributed by atoms with van der Waals surface area (Å²) < 4.78 is 33.5. The SMILES string of the molecule is C[C@H](CN1CC(F)(F)C[C@H]1C#N)NC(=O)c1ccnc(CNC(=O)CCC(=O)NC(CSC2CC(=O)N(c3ccc(-c4c5ccc(=O)cc-5oc5cc(O)ccc45)c(C(=O)O)c3)C2=O)C(=O)O)c1. The molecule has 4 heterocycles. The van der Waals surface area contributed by atoms with Crippen LogP contribution in [0.1, 0.15) is 59.0 Å². The maximum atomic E-state index is 13.8. The van der Waals surface area contributed by atoms with Crippen LogP contribution in [0.15, 0.2) is 82.1 Å². The van der Waals surface area contributed by atoms with E-state index in [4.69, 9.17) is 4.42 Å². The van der Waals surface area contributed by atoms with Crippen molar-refractivity contribution in [2.45, 2.75) is 68.4 Å². The number of imide groups is 1. The summed E-state index contributed by atoms with van der Waals surface area (Å²) in [4.78, 5) is 109. The van der Waals surface area contributed by atoms with E-state index in [1.807, 2.05) is 6.07 Å². The number of carboxylic acid groups (broad SMARTS) is 2. The molecule has 0 spiro atoms. The van der Waals surface area contributed by atoms with Crippen LogP contribution in [-0.2, 0) is 30.5 Å². The number of pyridine rings is 1. The molecule has 22 heteroatoms. The van der Waals surface area contributed by atoms with E-state index in [1.54, 1.807) is 6.92 Å². The number of halogens is 2. The third-order valence-corrected chi connectivity index (χ3v) is 12.5. The topological polar surface area (TPSA) is 290 Å². The fourth-order valence-corrected chi connectivity index (χ4v) is 9.16. The predicted molar refractivity (Wildman–Crippen MR) is 239 cm³/mol. The van der Waals surface area contributed by atoms with E-state index in [2.05, 4.69) is 20.9 Å². The lowest BCUT2D eigenvalue weighted by Gasteiger charge is -2.23. The highest BCUT2D eigenvalue weighted by molar-refractivity contribution is 8.00. The second kappa shape index (κ2) is 20.0. The van der Waals surface area contributed by atoms with Crippen molar-refractivity contribution in [3.8, 4) is 34.3 Å². The van der Waals surface area contributed by atoms with Gasteiger partial charge in [0.1, 0.15) is 29.2 Å². The summed E-state index contributed by atoms with van der Waals surface area (Å²) in [6.45, 7) is 0.905. The number of aromatic carboxylic acids is 1. The van der Waals surface area contributed by atoms with Crippen molar-refractivity contribution in [1.82, 2.24) is 25.8 Å². The number of thioether (sulfide) groups is 1. The number of phenols is 1. The summed E-state index contributed by atoms with van der Waals surface area (Å²) in [5, 5.41) is 46.5. The monoisotopic (exact) mass is 953 g/mol. The number of nitrogens with one attached hydrogen (secondary N) is 3. The Kier molecular flexibility index (Phi) is 14.2. The summed E-state index contributed by atoms with van der Waals surface area (Å²) in [5.74, 6) is -9.61. The molecular formula is C46H41F2N7O12S. The van der Waals surface area contributed by atoms with Crippen LogP contribution >= 0.6 is 11.8 Å². The predicted octanol–water partition coefficient (Wildman–Crippen LogP) is 3.75. The number of carbonyl (C=O) groups excluding carboxylic acids is 5. The number of rotatable bonds is 17. The van der Waals surface area contributed by atoms with Gasteiger partial charge in [-0.05, 0) is 61.0 Å². The lowest BCUT2D eigenvalue weighted by molar-refractivity contribution is -0.141. The molecule has 3 aliphatic heterocycles. The minimum Gasteiger partial charge on any atom is -0.508 e. The molecule has 2 saturated heterocycles. The number of fused-ring (bicyclic) bond motifs is 2. The van der Waals surface area contributed by atoms with Gasteiger partial charge in [0.05, 0.1) is 41.4 Å². The number of hydrogen-bond donors (Lipinski definition) is 6. The highest BCUT2D eigenvalue weighted by Gasteiger charge is 2.45. The second-order valence-electron chi connectivity index (χ2n) is 16.2. The average Bonchev–Trinajstić information content (AvgIpc) is 3.75. The minimum atomic E-state index is -3.00. The van der Waals surface area contributed by atoms with Crippen LogP contribution in [0.3, 0.4) is 0 Å². The Morgan fingerprint density at radius 2 is 1.72 bits per heavy atom. The number of carbonyl (C=O) groups is 7. The Bertz CT molecular complexity index is 2940. The normalized spacial score (nSPS) is 17.7. The number of anilines is 1. The van der Waals surface area contributed by atoms with E-state index >= 15 is 0 Å². The van der Waals surface area contributed by atoms with Crippen molar-refractivity contribution < 1.29 is 62.1 Å². The first-order chi connectivity index (χ1) is 32.3. The van der Waals surface area contributed by atoms with Crippen LogP contribution < -0.4 is 26.3 Å². The molecule has 2 aromatic carbocycles. The van der Waals surface area contributed by atoms with E-state index in [9.17, 15) is 67.7 Å². The first-order valence-corrected chi connectivity index (χ1v) is 22.0. The van der Waals surface area contributed by atoms with Gasteiger partial charge in [0.15, 0.2) is 5.43 Å². The molecule has 1 aliphatic carbocycles. The Morgan fingerprint density at radius 3 is 2.46 bits per heavy atom. The van der Waals surface area contributed by atoms with E-state index in [1.165, 1.54) is 71.8 Å². The first-order valence-electron chi connectivity index (χ1n) is 20.9. The highest BCUT2D eigenvalue weighted by Crippen LogP contribution is 2.43. The highest BCUT2D eigenvalue weighted by atomic mass is 32.2. The molecule has 2 fully saturated rings. The number of nitriles is 1. The molecule has 4 aliphatic rings. The molecule has 0 bridgehead atoms. The maximum absolute atomic E-state index is 13.8. The van der Waals surface area contributed by atoms with E-state index in [0.29, 0.717) is 16.5 Å². The van der Waals surface area contributed by atoms with E-state index in [0.717, 1.165) is 22.7 Å². The molecule has 352 valence electrons. The Labute approximate surface area is 388 Å². The van der Waals surface area contributed by atoms with Gasteiger partial charge in [0, 0.05) is 84.4 Å². The number of hydrogen-bond acceptors (Lipinski definition) is 14. The van der Waals surface area contributed by atoms with Crippen molar-refractivity contribution in [1.29, 1.82) is 5.26 Å². The maximum Gasteiger partial charge on any atom is 0.336 e. The van der Waals surface area contributed by atoms with Crippen LogP contribution in [0.5, 0.6) is 5.75 Å². The molecule has 5 amide bonds. The molecule has 4 atom stereocenters. The molecule has 1 aromatic heterocycles. The number of phenolic OH excluding ortho intramolecular Hbond substituents is 1. The standard InChI is InChI=1S/C46H41F2N7O12S/c1-23(20-54-22-46(47,48)17-27(54)18-49)52-42(61)24-10-11-50-25(12-24)19-51-38(58)8-9-39(59)53-34(45(65)66)21-68-37-16-40(60)55(43(37)62)26-2-5-30(33(13-26)44(63)64)41-31-6-3-28(56)14-35(31)67-36-15-29(57)4-7-32(36)41/h2-7,10-15,23,27,34,37,56H,8-9,16-17,19-22H2,1H3,(H,51,58)(H,52,61)(H,53,59)(H,63,64)(H,65,66)/t23-,27+,34?,37?/m1/s1. The van der Waals surface area contributed by atoms with E-state index in [-0.39, 0.29) is 82.3 Å². The second-order valence-corrected chi connectivity index (χ2v) is 17.5. The quantitative estimate of drug-likeness (QED) is 0.0572. The van der Waals surface area contributed by atoms with Crippen molar-refractivity contribution in [3.05, 3.63) is 100.0 Å². The summed E-state index contributed by atoms with van der Waals surface area (Å²) >= 11 is 0.796.